The van der Waals surface area contributed by atoms with Gasteiger partial charge in [0.15, 0.2) is 4.90 Å². The highest BCUT2D eigenvalue weighted by Gasteiger charge is 2.27. The number of benzene rings is 1. The molecule has 0 spiro atoms. The summed E-state index contributed by atoms with van der Waals surface area (Å²) < 4.78 is 38.9. The first-order valence-electron chi connectivity index (χ1n) is 8.61. The molecular weight excluding hydrogens is 385 g/mol. The SMILES string of the molecule is CCCCc1nc(=O)c(S(=O)(=O)c2ccc(-c3cncc(F)c3)cc2)c(O)[nH]1. The number of aromatic nitrogens is 3. The van der Waals surface area contributed by atoms with Gasteiger partial charge in [-0.15, -0.1) is 0 Å². The van der Waals surface area contributed by atoms with Gasteiger partial charge in [-0.1, -0.05) is 25.5 Å². The molecule has 7 nitrogen and oxygen atoms in total. The van der Waals surface area contributed by atoms with Crippen molar-refractivity contribution in [3.63, 3.8) is 0 Å². The Balaban J connectivity index is 1.98. The Hall–Kier alpha value is -3.07. The molecule has 0 unspecified atom stereocenters. The van der Waals surface area contributed by atoms with Crippen molar-refractivity contribution in [2.24, 2.45) is 0 Å². The largest absolute Gasteiger partial charge is 0.493 e. The van der Waals surface area contributed by atoms with Crippen molar-refractivity contribution >= 4 is 9.84 Å². The fraction of sp³-hybridized carbons (Fsp3) is 0.211. The van der Waals surface area contributed by atoms with E-state index in [2.05, 4.69) is 15.0 Å². The van der Waals surface area contributed by atoms with Gasteiger partial charge in [-0.2, -0.15) is 4.98 Å². The summed E-state index contributed by atoms with van der Waals surface area (Å²) in [5, 5.41) is 10.1. The van der Waals surface area contributed by atoms with Gasteiger partial charge < -0.3 is 10.1 Å². The summed E-state index contributed by atoms with van der Waals surface area (Å²) in [5.41, 5.74) is 0.0180. The van der Waals surface area contributed by atoms with Gasteiger partial charge in [0.1, 0.15) is 11.6 Å². The second-order valence-corrected chi connectivity index (χ2v) is 8.08. The second kappa shape index (κ2) is 7.89. The van der Waals surface area contributed by atoms with E-state index in [0.29, 0.717) is 17.5 Å². The van der Waals surface area contributed by atoms with Crippen LogP contribution in [0.1, 0.15) is 25.6 Å². The number of aryl methyl sites for hydroxylation is 1. The number of sulfone groups is 1. The molecular formula is C19H18FN3O4S. The lowest BCUT2D eigenvalue weighted by Gasteiger charge is -2.08. The molecule has 0 atom stereocenters. The van der Waals surface area contributed by atoms with E-state index >= 15 is 0 Å². The van der Waals surface area contributed by atoms with Crippen LogP contribution in [-0.4, -0.2) is 28.5 Å². The van der Waals surface area contributed by atoms with Crippen LogP contribution < -0.4 is 5.56 Å². The Kier molecular flexibility index (Phi) is 5.55. The fourth-order valence-electron chi connectivity index (χ4n) is 2.71. The molecule has 28 heavy (non-hydrogen) atoms. The van der Waals surface area contributed by atoms with Crippen molar-refractivity contribution in [2.45, 2.75) is 36.0 Å². The summed E-state index contributed by atoms with van der Waals surface area (Å²) in [6.07, 6.45) is 4.54. The predicted octanol–water partition coefficient (Wildman–Crippen LogP) is 2.85. The van der Waals surface area contributed by atoms with E-state index < -0.39 is 32.0 Å². The quantitative estimate of drug-likeness (QED) is 0.654. The maximum Gasteiger partial charge on any atom is 0.296 e. The Morgan fingerprint density at radius 1 is 1.14 bits per heavy atom. The van der Waals surface area contributed by atoms with Crippen LogP contribution in [0.5, 0.6) is 5.88 Å². The van der Waals surface area contributed by atoms with Crippen LogP contribution in [0.25, 0.3) is 11.1 Å². The molecule has 2 aromatic heterocycles. The van der Waals surface area contributed by atoms with Crippen LogP contribution in [0, 0.1) is 5.82 Å². The number of hydrogen-bond donors (Lipinski definition) is 2. The summed E-state index contributed by atoms with van der Waals surface area (Å²) in [4.78, 5) is 21.2. The number of nitrogens with zero attached hydrogens (tertiary/aromatic N) is 2. The number of unbranched alkanes of at least 4 members (excludes halogenated alkanes) is 1. The molecule has 0 aliphatic heterocycles. The van der Waals surface area contributed by atoms with Gasteiger partial charge in [-0.05, 0) is 30.2 Å². The zero-order chi connectivity index (χ0) is 20.3. The summed E-state index contributed by atoms with van der Waals surface area (Å²) >= 11 is 0. The number of hydrogen-bond acceptors (Lipinski definition) is 6. The van der Waals surface area contributed by atoms with Crippen molar-refractivity contribution in [2.75, 3.05) is 0 Å². The first kappa shape index (κ1) is 19.7. The standard InChI is InChI=1S/C19H18FN3O4S/c1-2-3-4-16-22-18(24)17(19(25)23-16)28(26,27)15-7-5-12(6-8-15)13-9-14(20)11-21-10-13/h5-11H,2-4H2,1H3,(H2,22,23,24,25). The second-order valence-electron chi connectivity index (χ2n) is 6.19. The first-order valence-corrected chi connectivity index (χ1v) is 10.1. The predicted molar refractivity (Wildman–Crippen MR) is 100 cm³/mol. The maximum absolute atomic E-state index is 13.3. The molecule has 0 aliphatic carbocycles. The lowest BCUT2D eigenvalue weighted by Crippen LogP contribution is -2.21. The van der Waals surface area contributed by atoms with E-state index in [9.17, 15) is 22.7 Å². The highest BCUT2D eigenvalue weighted by atomic mass is 32.2. The van der Waals surface area contributed by atoms with Gasteiger partial charge in [0.25, 0.3) is 5.56 Å². The Morgan fingerprint density at radius 3 is 2.46 bits per heavy atom. The number of H-pyrrole nitrogens is 1. The van der Waals surface area contributed by atoms with Crippen LogP contribution in [0.2, 0.25) is 0 Å². The van der Waals surface area contributed by atoms with Crippen molar-refractivity contribution in [1.29, 1.82) is 0 Å². The number of aromatic amines is 1. The normalized spacial score (nSPS) is 11.5. The molecule has 146 valence electrons. The molecule has 3 aromatic rings. The van der Waals surface area contributed by atoms with Crippen LogP contribution in [-0.2, 0) is 16.3 Å². The average Bonchev–Trinajstić information content (AvgIpc) is 2.66. The lowest BCUT2D eigenvalue weighted by molar-refractivity contribution is 0.428. The van der Waals surface area contributed by atoms with Crippen molar-refractivity contribution in [3.8, 4) is 17.0 Å². The van der Waals surface area contributed by atoms with Crippen LogP contribution in [0.15, 0.2) is 57.3 Å². The average molecular weight is 403 g/mol. The number of pyridine rings is 1. The van der Waals surface area contributed by atoms with Crippen molar-refractivity contribution in [3.05, 3.63) is 64.7 Å². The minimum atomic E-state index is -4.29. The molecule has 0 fully saturated rings. The molecule has 9 heteroatoms. The lowest BCUT2D eigenvalue weighted by atomic mass is 10.1. The molecule has 0 saturated carbocycles. The number of rotatable bonds is 6. The van der Waals surface area contributed by atoms with Gasteiger partial charge in [-0.25, -0.2) is 12.8 Å². The molecule has 1 aromatic carbocycles. The third-order valence-corrected chi connectivity index (χ3v) is 5.95. The molecule has 0 amide bonds. The van der Waals surface area contributed by atoms with E-state index in [-0.39, 0.29) is 10.7 Å². The number of nitrogens with one attached hydrogen (secondary N) is 1. The smallest absolute Gasteiger partial charge is 0.296 e. The highest BCUT2D eigenvalue weighted by molar-refractivity contribution is 7.91. The zero-order valence-corrected chi connectivity index (χ0v) is 15.8. The van der Waals surface area contributed by atoms with Gasteiger partial charge in [0.05, 0.1) is 11.1 Å². The van der Waals surface area contributed by atoms with E-state index in [4.69, 9.17) is 0 Å². The molecule has 0 aliphatic rings. The monoisotopic (exact) mass is 403 g/mol. The molecule has 2 N–H and O–H groups in total. The summed E-state index contributed by atoms with van der Waals surface area (Å²) in [7, 11) is -4.29. The van der Waals surface area contributed by atoms with Crippen LogP contribution in [0.4, 0.5) is 4.39 Å². The van der Waals surface area contributed by atoms with Gasteiger partial charge >= 0.3 is 0 Å². The van der Waals surface area contributed by atoms with Crippen molar-refractivity contribution < 1.29 is 17.9 Å². The summed E-state index contributed by atoms with van der Waals surface area (Å²) in [5.74, 6) is -1.01. The Morgan fingerprint density at radius 2 is 1.86 bits per heavy atom. The van der Waals surface area contributed by atoms with Gasteiger partial charge in [0.2, 0.25) is 15.7 Å². The summed E-state index contributed by atoms with van der Waals surface area (Å²) in [6, 6.07) is 6.76. The van der Waals surface area contributed by atoms with E-state index in [1.54, 1.807) is 0 Å². The Bertz CT molecular complexity index is 1160. The maximum atomic E-state index is 13.3. The minimum Gasteiger partial charge on any atom is -0.493 e. The van der Waals surface area contributed by atoms with E-state index in [1.165, 1.54) is 36.5 Å². The number of halogens is 1. The zero-order valence-electron chi connectivity index (χ0n) is 15.0. The highest BCUT2D eigenvalue weighted by Crippen LogP contribution is 2.27. The topological polar surface area (TPSA) is 113 Å². The first-order chi connectivity index (χ1) is 13.3. The van der Waals surface area contributed by atoms with Gasteiger partial charge in [-0.3, -0.25) is 9.78 Å². The minimum absolute atomic E-state index is 0.190. The van der Waals surface area contributed by atoms with E-state index in [1.807, 2.05) is 6.92 Å². The third kappa shape index (κ3) is 3.94. The molecule has 3 rings (SSSR count). The summed E-state index contributed by atoms with van der Waals surface area (Å²) in [6.45, 7) is 1.96. The van der Waals surface area contributed by atoms with Crippen molar-refractivity contribution in [1.82, 2.24) is 15.0 Å². The molecule has 2 heterocycles. The van der Waals surface area contributed by atoms with E-state index in [0.717, 1.165) is 19.0 Å². The number of aromatic hydroxyl groups is 1. The third-order valence-electron chi connectivity index (χ3n) is 4.15. The van der Waals surface area contributed by atoms with Crippen LogP contribution in [0.3, 0.4) is 0 Å². The molecule has 0 radical (unpaired) electrons. The Labute approximate surface area is 160 Å². The molecule has 0 saturated heterocycles. The van der Waals surface area contributed by atoms with Crippen LogP contribution >= 0.6 is 0 Å². The molecule has 0 bridgehead atoms. The fourth-order valence-corrected chi connectivity index (χ4v) is 4.03. The van der Waals surface area contributed by atoms with Gasteiger partial charge in [0, 0.05) is 18.2 Å².